The number of esters is 1. The topological polar surface area (TPSA) is 35.5 Å². The maximum atomic E-state index is 13.6. The van der Waals surface area contributed by atoms with Crippen molar-refractivity contribution < 1.29 is 62.6 Å². The standard InChI is InChI=1S/C10H9F11O3/c1-5(2,3)23-4(22)6(11,8(14,15)16)24-10(20,21)7(12,13)9(17,18)19/h1-3H3/t6-/m0/s1. The molecule has 0 aromatic heterocycles. The largest absolute Gasteiger partial charge is 0.462 e. The molecule has 0 aliphatic heterocycles. The number of hydrogen-bond donors (Lipinski definition) is 0. The third-order valence-corrected chi connectivity index (χ3v) is 2.02. The van der Waals surface area contributed by atoms with Crippen LogP contribution in [0.15, 0.2) is 0 Å². The molecule has 1 atom stereocenters. The van der Waals surface area contributed by atoms with E-state index < -0.39 is 41.8 Å². The van der Waals surface area contributed by atoms with Gasteiger partial charge in [-0.3, -0.25) is 4.74 Å². The van der Waals surface area contributed by atoms with Crippen molar-refractivity contribution >= 4 is 5.97 Å². The Morgan fingerprint density at radius 1 is 0.708 bits per heavy atom. The van der Waals surface area contributed by atoms with Gasteiger partial charge in [0.05, 0.1) is 0 Å². The highest BCUT2D eigenvalue weighted by Gasteiger charge is 2.80. The lowest BCUT2D eigenvalue weighted by atomic mass is 10.2. The molecule has 0 saturated heterocycles. The monoisotopic (exact) mass is 386 g/mol. The molecule has 24 heavy (non-hydrogen) atoms. The van der Waals surface area contributed by atoms with Crippen LogP contribution in [0.25, 0.3) is 0 Å². The average Bonchev–Trinajstić information content (AvgIpc) is 2.22. The second kappa shape index (κ2) is 5.88. The van der Waals surface area contributed by atoms with Crippen LogP contribution in [-0.2, 0) is 14.3 Å². The molecule has 14 heteroatoms. The van der Waals surface area contributed by atoms with E-state index >= 15 is 0 Å². The minimum absolute atomic E-state index is 0.837. The number of alkyl halides is 11. The van der Waals surface area contributed by atoms with Gasteiger partial charge < -0.3 is 4.74 Å². The van der Waals surface area contributed by atoms with Crippen LogP contribution in [0.5, 0.6) is 0 Å². The van der Waals surface area contributed by atoms with Crippen LogP contribution in [0, 0.1) is 0 Å². The Kier molecular flexibility index (Phi) is 5.55. The molecule has 0 N–H and O–H groups in total. The van der Waals surface area contributed by atoms with Crippen molar-refractivity contribution in [2.75, 3.05) is 0 Å². The van der Waals surface area contributed by atoms with Crippen LogP contribution >= 0.6 is 0 Å². The van der Waals surface area contributed by atoms with E-state index in [1.165, 1.54) is 0 Å². The van der Waals surface area contributed by atoms with Crippen LogP contribution in [0.2, 0.25) is 0 Å². The maximum Gasteiger partial charge on any atom is 0.462 e. The van der Waals surface area contributed by atoms with Gasteiger partial charge in [0, 0.05) is 0 Å². The Bertz CT molecular complexity index is 474. The van der Waals surface area contributed by atoms with Crippen molar-refractivity contribution in [3.05, 3.63) is 0 Å². The minimum Gasteiger partial charge on any atom is -0.455 e. The number of hydrogen-bond acceptors (Lipinski definition) is 3. The Balaban J connectivity index is 5.96. The molecule has 3 nitrogen and oxygen atoms in total. The fourth-order valence-corrected chi connectivity index (χ4v) is 0.965. The van der Waals surface area contributed by atoms with Crippen molar-refractivity contribution in [2.45, 2.75) is 56.6 Å². The van der Waals surface area contributed by atoms with E-state index in [1.807, 2.05) is 4.74 Å². The lowest BCUT2D eigenvalue weighted by molar-refractivity contribution is -0.475. The highest BCUT2D eigenvalue weighted by atomic mass is 19.4. The van der Waals surface area contributed by atoms with Crippen LogP contribution in [0.4, 0.5) is 48.3 Å². The zero-order valence-electron chi connectivity index (χ0n) is 11.9. The summed E-state index contributed by atoms with van der Waals surface area (Å²) in [4.78, 5) is 11.1. The lowest BCUT2D eigenvalue weighted by Crippen LogP contribution is -2.62. The van der Waals surface area contributed by atoms with Crippen molar-refractivity contribution in [3.8, 4) is 0 Å². The van der Waals surface area contributed by atoms with Crippen LogP contribution in [-0.4, -0.2) is 41.8 Å². The fraction of sp³-hybridized carbons (Fsp3) is 0.900. The Morgan fingerprint density at radius 3 is 1.33 bits per heavy atom. The van der Waals surface area contributed by atoms with Gasteiger partial charge in [-0.05, 0) is 20.8 Å². The predicted molar refractivity (Wildman–Crippen MR) is 52.8 cm³/mol. The molecule has 0 bridgehead atoms. The molecule has 0 aliphatic carbocycles. The lowest BCUT2D eigenvalue weighted by Gasteiger charge is -2.34. The third kappa shape index (κ3) is 4.39. The second-order valence-electron chi connectivity index (χ2n) is 5.29. The molecule has 0 heterocycles. The SMILES string of the molecule is CC(C)(C)OC(=O)[C@](F)(OC(F)(F)C(F)(F)C(F)(F)F)C(F)(F)F. The van der Waals surface area contributed by atoms with Gasteiger partial charge in [-0.25, -0.2) is 4.79 Å². The summed E-state index contributed by atoms with van der Waals surface area (Å²) in [7, 11) is 0. The molecule has 144 valence electrons. The van der Waals surface area contributed by atoms with Gasteiger partial charge >= 0.3 is 36.2 Å². The number of halogens is 11. The van der Waals surface area contributed by atoms with E-state index in [0.29, 0.717) is 0 Å². The first-order chi connectivity index (χ1) is 10.1. The molecular weight excluding hydrogens is 377 g/mol. The number of rotatable bonds is 4. The van der Waals surface area contributed by atoms with E-state index in [1.54, 1.807) is 0 Å². The van der Waals surface area contributed by atoms with Crippen molar-refractivity contribution in [1.82, 2.24) is 0 Å². The quantitative estimate of drug-likeness (QED) is 0.532. The zero-order chi connectivity index (χ0) is 20.0. The molecule has 0 rings (SSSR count). The predicted octanol–water partition coefficient (Wildman–Crippen LogP) is 4.36. The van der Waals surface area contributed by atoms with Crippen molar-refractivity contribution in [2.24, 2.45) is 0 Å². The number of carbonyl (C=O) groups excluding carboxylic acids is 1. The van der Waals surface area contributed by atoms with Crippen molar-refractivity contribution in [1.29, 1.82) is 0 Å². The summed E-state index contributed by atoms with van der Waals surface area (Å²) in [5.74, 6) is -16.8. The summed E-state index contributed by atoms with van der Waals surface area (Å²) in [6.07, 6.45) is -20.9. The fourth-order valence-electron chi connectivity index (χ4n) is 0.965. The van der Waals surface area contributed by atoms with Gasteiger partial charge in [0.1, 0.15) is 5.60 Å². The highest BCUT2D eigenvalue weighted by molar-refractivity contribution is 5.79. The van der Waals surface area contributed by atoms with Gasteiger partial charge in [0.15, 0.2) is 0 Å². The Morgan fingerprint density at radius 2 is 1.08 bits per heavy atom. The molecule has 0 fully saturated rings. The molecule has 0 spiro atoms. The molecular formula is C10H9F11O3. The van der Waals surface area contributed by atoms with E-state index in [9.17, 15) is 53.1 Å². The van der Waals surface area contributed by atoms with E-state index in [-0.39, 0.29) is 0 Å². The molecule has 0 amide bonds. The van der Waals surface area contributed by atoms with Gasteiger partial charge in [0.2, 0.25) is 0 Å². The molecule has 0 saturated carbocycles. The summed E-state index contributed by atoms with van der Waals surface area (Å²) < 4.78 is 143. The van der Waals surface area contributed by atoms with Gasteiger partial charge in [-0.15, -0.1) is 0 Å². The third-order valence-electron chi connectivity index (χ3n) is 2.02. The normalized spacial score (nSPS) is 17.4. The van der Waals surface area contributed by atoms with Gasteiger partial charge in [0.25, 0.3) is 0 Å². The first kappa shape index (κ1) is 22.7. The van der Waals surface area contributed by atoms with Gasteiger partial charge in [-0.1, -0.05) is 0 Å². The smallest absolute Gasteiger partial charge is 0.455 e. The van der Waals surface area contributed by atoms with Crippen LogP contribution < -0.4 is 0 Å². The summed E-state index contributed by atoms with van der Waals surface area (Å²) in [5, 5.41) is 0. The molecule has 0 unspecified atom stereocenters. The highest BCUT2D eigenvalue weighted by Crippen LogP contribution is 2.51. The zero-order valence-corrected chi connectivity index (χ0v) is 11.9. The first-order valence-electron chi connectivity index (χ1n) is 5.60. The van der Waals surface area contributed by atoms with Gasteiger partial charge in [-0.2, -0.15) is 48.3 Å². The summed E-state index contributed by atoms with van der Waals surface area (Å²) in [5.41, 5.74) is -1.94. The number of ether oxygens (including phenoxy) is 2. The average molecular weight is 386 g/mol. The van der Waals surface area contributed by atoms with Crippen LogP contribution in [0.3, 0.4) is 0 Å². The van der Waals surface area contributed by atoms with Crippen LogP contribution in [0.1, 0.15) is 20.8 Å². The molecule has 0 radical (unpaired) electrons. The Labute approximate surface area is 126 Å². The van der Waals surface area contributed by atoms with Crippen molar-refractivity contribution in [3.63, 3.8) is 0 Å². The summed E-state index contributed by atoms with van der Waals surface area (Å²) in [6, 6.07) is 0. The minimum atomic E-state index is -7.23. The molecule has 0 aromatic rings. The molecule has 0 aliphatic rings. The first-order valence-corrected chi connectivity index (χ1v) is 5.60. The van der Waals surface area contributed by atoms with E-state index in [4.69, 9.17) is 0 Å². The van der Waals surface area contributed by atoms with E-state index in [2.05, 4.69) is 4.74 Å². The molecule has 0 aromatic carbocycles. The Hall–Kier alpha value is -1.34. The maximum absolute atomic E-state index is 13.6. The summed E-state index contributed by atoms with van der Waals surface area (Å²) in [6.45, 7) is 2.51. The van der Waals surface area contributed by atoms with E-state index in [0.717, 1.165) is 20.8 Å². The number of carbonyl (C=O) groups is 1. The second-order valence-corrected chi connectivity index (χ2v) is 5.29. The summed E-state index contributed by atoms with van der Waals surface area (Å²) >= 11 is 0.